The van der Waals surface area contributed by atoms with Crippen LogP contribution < -0.4 is 5.73 Å². The lowest BCUT2D eigenvalue weighted by Crippen LogP contribution is -2.03. The van der Waals surface area contributed by atoms with E-state index in [1.807, 2.05) is 0 Å². The van der Waals surface area contributed by atoms with Gasteiger partial charge in [0, 0.05) is 5.69 Å². The van der Waals surface area contributed by atoms with Crippen LogP contribution in [-0.2, 0) is 6.18 Å². The lowest BCUT2D eigenvalue weighted by Gasteiger charge is -2.08. The van der Waals surface area contributed by atoms with Gasteiger partial charge in [-0.1, -0.05) is 24.3 Å². The van der Waals surface area contributed by atoms with Crippen LogP contribution >= 0.6 is 12.4 Å². The standard InChI is InChI=1S/C13H10F3N.ClH/c14-13(15,16)11-6-4-9(5-7-11)10-2-1-3-12(17)8-10;/h1-8H,17H2;1H. The van der Waals surface area contributed by atoms with E-state index in [0.29, 0.717) is 11.3 Å². The number of hydrogen-bond acceptors (Lipinski definition) is 1. The number of nitrogen functional groups attached to an aromatic ring is 1. The first-order valence-electron chi connectivity index (χ1n) is 5.00. The van der Waals surface area contributed by atoms with Gasteiger partial charge in [-0.05, 0) is 35.4 Å². The van der Waals surface area contributed by atoms with Gasteiger partial charge < -0.3 is 5.73 Å². The summed E-state index contributed by atoms with van der Waals surface area (Å²) in [4.78, 5) is 0. The van der Waals surface area contributed by atoms with Gasteiger partial charge in [-0.25, -0.2) is 0 Å². The van der Waals surface area contributed by atoms with Crippen molar-refractivity contribution in [3.05, 3.63) is 54.1 Å². The van der Waals surface area contributed by atoms with Crippen molar-refractivity contribution in [2.75, 3.05) is 5.73 Å². The minimum Gasteiger partial charge on any atom is -0.399 e. The summed E-state index contributed by atoms with van der Waals surface area (Å²) in [5, 5.41) is 0. The average Bonchev–Trinajstić information content (AvgIpc) is 2.28. The van der Waals surface area contributed by atoms with Crippen molar-refractivity contribution in [2.24, 2.45) is 0 Å². The quantitative estimate of drug-likeness (QED) is 0.767. The smallest absolute Gasteiger partial charge is 0.399 e. The van der Waals surface area contributed by atoms with Gasteiger partial charge in [0.05, 0.1) is 5.56 Å². The molecule has 0 aliphatic rings. The fourth-order valence-electron chi connectivity index (χ4n) is 1.57. The van der Waals surface area contributed by atoms with E-state index in [1.54, 1.807) is 24.3 Å². The summed E-state index contributed by atoms with van der Waals surface area (Å²) >= 11 is 0. The Hall–Kier alpha value is -1.68. The van der Waals surface area contributed by atoms with Gasteiger partial charge in [-0.3, -0.25) is 0 Å². The number of anilines is 1. The minimum atomic E-state index is -4.30. The molecule has 0 aliphatic carbocycles. The highest BCUT2D eigenvalue weighted by Gasteiger charge is 2.29. The number of nitrogens with two attached hydrogens (primary N) is 1. The number of benzene rings is 2. The molecule has 0 saturated carbocycles. The van der Waals surface area contributed by atoms with E-state index in [0.717, 1.165) is 17.7 Å². The third-order valence-electron chi connectivity index (χ3n) is 2.43. The van der Waals surface area contributed by atoms with Gasteiger partial charge in [-0.2, -0.15) is 13.2 Å². The predicted molar refractivity (Wildman–Crippen MR) is 68.5 cm³/mol. The second kappa shape index (κ2) is 5.31. The normalized spacial score (nSPS) is 10.8. The minimum absolute atomic E-state index is 0. The van der Waals surface area contributed by atoms with E-state index in [2.05, 4.69) is 0 Å². The van der Waals surface area contributed by atoms with Gasteiger partial charge >= 0.3 is 6.18 Å². The summed E-state index contributed by atoms with van der Waals surface area (Å²) < 4.78 is 37.1. The second-order valence-corrected chi connectivity index (χ2v) is 3.70. The van der Waals surface area contributed by atoms with E-state index in [4.69, 9.17) is 5.73 Å². The number of hydrogen-bond donors (Lipinski definition) is 1. The molecule has 0 amide bonds. The first-order valence-corrected chi connectivity index (χ1v) is 5.00. The Morgan fingerprint density at radius 2 is 1.44 bits per heavy atom. The number of alkyl halides is 3. The summed E-state index contributed by atoms with van der Waals surface area (Å²) in [6.45, 7) is 0. The van der Waals surface area contributed by atoms with Gasteiger partial charge in [0.1, 0.15) is 0 Å². The molecule has 18 heavy (non-hydrogen) atoms. The van der Waals surface area contributed by atoms with E-state index >= 15 is 0 Å². The van der Waals surface area contributed by atoms with E-state index in [1.165, 1.54) is 12.1 Å². The Labute approximate surface area is 109 Å². The fraction of sp³-hybridized carbons (Fsp3) is 0.0769. The Morgan fingerprint density at radius 3 is 1.94 bits per heavy atom. The Balaban J connectivity index is 0.00000162. The molecule has 2 aromatic carbocycles. The zero-order valence-electron chi connectivity index (χ0n) is 9.24. The molecule has 0 unspecified atom stereocenters. The highest BCUT2D eigenvalue weighted by Crippen LogP contribution is 2.31. The highest BCUT2D eigenvalue weighted by atomic mass is 35.5. The molecular weight excluding hydrogens is 263 g/mol. The molecule has 0 fully saturated rings. The molecule has 1 nitrogen and oxygen atoms in total. The lowest BCUT2D eigenvalue weighted by molar-refractivity contribution is -0.137. The van der Waals surface area contributed by atoms with Crippen molar-refractivity contribution in [2.45, 2.75) is 6.18 Å². The SMILES string of the molecule is Cl.Nc1cccc(-c2ccc(C(F)(F)F)cc2)c1. The molecule has 0 radical (unpaired) electrons. The molecule has 2 aromatic rings. The third-order valence-corrected chi connectivity index (χ3v) is 2.43. The van der Waals surface area contributed by atoms with E-state index < -0.39 is 11.7 Å². The van der Waals surface area contributed by atoms with E-state index in [-0.39, 0.29) is 12.4 Å². The van der Waals surface area contributed by atoms with Crippen LogP contribution in [-0.4, -0.2) is 0 Å². The Bertz CT molecular complexity index is 521. The van der Waals surface area contributed by atoms with Crippen molar-refractivity contribution >= 4 is 18.1 Å². The van der Waals surface area contributed by atoms with E-state index in [9.17, 15) is 13.2 Å². The maximum atomic E-state index is 12.4. The van der Waals surface area contributed by atoms with Crippen LogP contribution in [0, 0.1) is 0 Å². The number of rotatable bonds is 1. The van der Waals surface area contributed by atoms with Crippen LogP contribution in [0.5, 0.6) is 0 Å². The molecule has 0 aromatic heterocycles. The van der Waals surface area contributed by atoms with Crippen LogP contribution in [0.1, 0.15) is 5.56 Å². The highest BCUT2D eigenvalue weighted by molar-refractivity contribution is 5.85. The maximum absolute atomic E-state index is 12.4. The molecule has 0 bridgehead atoms. The molecule has 0 aliphatic heterocycles. The summed E-state index contributed by atoms with van der Waals surface area (Å²) in [7, 11) is 0. The van der Waals surface area contributed by atoms with Gasteiger partial charge in [-0.15, -0.1) is 12.4 Å². The van der Waals surface area contributed by atoms with Crippen molar-refractivity contribution in [1.29, 1.82) is 0 Å². The summed E-state index contributed by atoms with van der Waals surface area (Å²) in [5.41, 5.74) is 7.07. The van der Waals surface area contributed by atoms with Crippen LogP contribution in [0.25, 0.3) is 11.1 Å². The zero-order valence-corrected chi connectivity index (χ0v) is 10.1. The summed E-state index contributed by atoms with van der Waals surface area (Å²) in [6, 6.07) is 12.0. The predicted octanol–water partition coefficient (Wildman–Crippen LogP) is 4.38. The first-order chi connectivity index (χ1) is 7.97. The lowest BCUT2D eigenvalue weighted by atomic mass is 10.0. The molecule has 5 heteroatoms. The number of halogens is 4. The Morgan fingerprint density at radius 1 is 0.833 bits per heavy atom. The largest absolute Gasteiger partial charge is 0.416 e. The topological polar surface area (TPSA) is 26.0 Å². The monoisotopic (exact) mass is 273 g/mol. The molecule has 96 valence electrons. The molecule has 0 spiro atoms. The molecule has 2 rings (SSSR count). The molecule has 0 saturated heterocycles. The van der Waals surface area contributed by atoms with Gasteiger partial charge in [0.15, 0.2) is 0 Å². The van der Waals surface area contributed by atoms with Crippen LogP contribution in [0.3, 0.4) is 0 Å². The molecular formula is C13H11ClF3N. The van der Waals surface area contributed by atoms with Crippen LogP contribution in [0.4, 0.5) is 18.9 Å². The van der Waals surface area contributed by atoms with Crippen molar-refractivity contribution in [1.82, 2.24) is 0 Å². The first kappa shape index (κ1) is 14.4. The Kier molecular flexibility index (Phi) is 4.24. The van der Waals surface area contributed by atoms with Crippen LogP contribution in [0.2, 0.25) is 0 Å². The fourth-order valence-corrected chi connectivity index (χ4v) is 1.57. The summed E-state index contributed by atoms with van der Waals surface area (Å²) in [6.07, 6.45) is -4.30. The average molecular weight is 274 g/mol. The van der Waals surface area contributed by atoms with Crippen molar-refractivity contribution in [3.63, 3.8) is 0 Å². The van der Waals surface area contributed by atoms with Crippen molar-refractivity contribution < 1.29 is 13.2 Å². The summed E-state index contributed by atoms with van der Waals surface area (Å²) in [5.74, 6) is 0. The molecule has 0 heterocycles. The van der Waals surface area contributed by atoms with Gasteiger partial charge in [0.25, 0.3) is 0 Å². The third kappa shape index (κ3) is 3.17. The van der Waals surface area contributed by atoms with Crippen LogP contribution in [0.15, 0.2) is 48.5 Å². The second-order valence-electron chi connectivity index (χ2n) is 3.70. The molecule has 2 N–H and O–H groups in total. The zero-order chi connectivity index (χ0) is 12.5. The molecule has 0 atom stereocenters. The van der Waals surface area contributed by atoms with Gasteiger partial charge in [0.2, 0.25) is 0 Å². The maximum Gasteiger partial charge on any atom is 0.416 e. The van der Waals surface area contributed by atoms with Crippen molar-refractivity contribution in [3.8, 4) is 11.1 Å².